The molecule has 0 fully saturated rings. The van der Waals surface area contributed by atoms with Gasteiger partial charge in [0.1, 0.15) is 0 Å². The van der Waals surface area contributed by atoms with Crippen LogP contribution in [0.4, 0.5) is 0 Å². The number of nitriles is 1. The van der Waals surface area contributed by atoms with Crippen LogP contribution in [0.3, 0.4) is 0 Å². The fraction of sp³-hybridized carbons (Fsp3) is 0.176. The number of halogens is 1. The largest absolute Gasteiger partial charge is 0.481 e. The number of hydrogen-bond donors (Lipinski definition) is 2. The Bertz CT molecular complexity index is 738. The van der Waals surface area contributed by atoms with Crippen LogP contribution in [0.15, 0.2) is 42.5 Å². The molecule has 1 atom stereocenters. The predicted molar refractivity (Wildman–Crippen MR) is 85.7 cm³/mol. The summed E-state index contributed by atoms with van der Waals surface area (Å²) in [6.45, 7) is 0.242. The molecule has 112 valence electrons. The van der Waals surface area contributed by atoms with Gasteiger partial charge >= 0.3 is 5.97 Å². The van der Waals surface area contributed by atoms with E-state index in [0.29, 0.717) is 10.6 Å². The summed E-state index contributed by atoms with van der Waals surface area (Å²) in [5, 5.41) is 18.5. The van der Waals surface area contributed by atoms with E-state index in [2.05, 4.69) is 6.07 Å². The quantitative estimate of drug-likeness (QED) is 0.885. The molecule has 2 aromatic rings. The number of aliphatic carboxylic acids is 1. The molecule has 0 amide bonds. The van der Waals surface area contributed by atoms with Crippen molar-refractivity contribution in [2.24, 2.45) is 5.73 Å². The Labute approximate surface area is 133 Å². The van der Waals surface area contributed by atoms with Crippen molar-refractivity contribution in [2.45, 2.75) is 12.3 Å². The molecule has 0 unspecified atom stereocenters. The van der Waals surface area contributed by atoms with Gasteiger partial charge in [0.15, 0.2) is 0 Å². The highest BCUT2D eigenvalue weighted by Crippen LogP contribution is 2.32. The van der Waals surface area contributed by atoms with Crippen LogP contribution in [0.2, 0.25) is 5.02 Å². The van der Waals surface area contributed by atoms with Crippen LogP contribution in [0.25, 0.3) is 11.1 Å². The monoisotopic (exact) mass is 314 g/mol. The zero-order chi connectivity index (χ0) is 16.1. The number of carboxylic acid groups (broad SMARTS) is 1. The topological polar surface area (TPSA) is 87.1 Å². The molecule has 4 nitrogen and oxygen atoms in total. The van der Waals surface area contributed by atoms with Crippen molar-refractivity contribution in [3.05, 3.63) is 58.6 Å². The highest BCUT2D eigenvalue weighted by Gasteiger charge is 2.16. The van der Waals surface area contributed by atoms with E-state index in [4.69, 9.17) is 27.7 Å². The van der Waals surface area contributed by atoms with Gasteiger partial charge in [-0.05, 0) is 41.9 Å². The number of nitrogens with zero attached hydrogens (tertiary/aromatic N) is 1. The van der Waals surface area contributed by atoms with Gasteiger partial charge < -0.3 is 10.8 Å². The predicted octanol–water partition coefficient (Wildman–Crippen LogP) is 3.40. The van der Waals surface area contributed by atoms with Crippen LogP contribution >= 0.6 is 11.6 Å². The minimum Gasteiger partial charge on any atom is -0.481 e. The van der Waals surface area contributed by atoms with Crippen LogP contribution in [-0.2, 0) is 4.79 Å². The second-order valence-corrected chi connectivity index (χ2v) is 5.37. The number of nitrogens with two attached hydrogens (primary N) is 1. The third kappa shape index (κ3) is 3.64. The van der Waals surface area contributed by atoms with E-state index in [9.17, 15) is 4.79 Å². The standard InChI is InChI=1S/C17H15ClN2O2/c18-16-5-4-12(14(10-20)8-17(21)22)7-15(16)13-3-1-2-11(6-13)9-19/h1-7,14H,8,10,20H2,(H,21,22)/t14-/m0/s1. The lowest BCUT2D eigenvalue weighted by molar-refractivity contribution is -0.137. The van der Waals surface area contributed by atoms with Gasteiger partial charge in [0.25, 0.3) is 0 Å². The Hall–Kier alpha value is -2.35. The molecule has 0 bridgehead atoms. The fourth-order valence-corrected chi connectivity index (χ4v) is 2.55. The molecule has 3 N–H and O–H groups in total. The van der Waals surface area contributed by atoms with Crippen LogP contribution in [-0.4, -0.2) is 17.6 Å². The SMILES string of the molecule is N#Cc1cccc(-c2cc([C@H](CN)CC(=O)O)ccc2Cl)c1. The van der Waals surface area contributed by atoms with E-state index >= 15 is 0 Å². The molecule has 0 saturated carbocycles. The first kappa shape index (κ1) is 16.0. The summed E-state index contributed by atoms with van der Waals surface area (Å²) in [5.41, 5.74) is 8.63. The van der Waals surface area contributed by atoms with E-state index in [1.807, 2.05) is 12.1 Å². The van der Waals surface area contributed by atoms with Crippen LogP contribution in [0.5, 0.6) is 0 Å². The molecule has 0 aliphatic carbocycles. The van der Waals surface area contributed by atoms with Crippen molar-refractivity contribution in [3.63, 3.8) is 0 Å². The van der Waals surface area contributed by atoms with Gasteiger partial charge in [-0.25, -0.2) is 0 Å². The summed E-state index contributed by atoms with van der Waals surface area (Å²) >= 11 is 6.25. The van der Waals surface area contributed by atoms with E-state index in [1.165, 1.54) is 0 Å². The number of rotatable bonds is 5. The molecule has 2 aromatic carbocycles. The average molecular weight is 315 g/mol. The molecule has 0 saturated heterocycles. The second kappa shape index (κ2) is 7.08. The van der Waals surface area contributed by atoms with Crippen molar-refractivity contribution in [3.8, 4) is 17.2 Å². The lowest BCUT2D eigenvalue weighted by Gasteiger charge is -2.15. The summed E-state index contributed by atoms with van der Waals surface area (Å²) in [5.74, 6) is -1.16. The van der Waals surface area contributed by atoms with Crippen molar-refractivity contribution < 1.29 is 9.90 Å². The molecule has 0 aromatic heterocycles. The number of hydrogen-bond acceptors (Lipinski definition) is 3. The molecule has 0 heterocycles. The van der Waals surface area contributed by atoms with Gasteiger partial charge in [-0.1, -0.05) is 29.8 Å². The lowest BCUT2D eigenvalue weighted by Crippen LogP contribution is -2.16. The molecule has 0 spiro atoms. The minimum absolute atomic E-state index is 0.0319. The first-order valence-corrected chi connectivity index (χ1v) is 7.14. The Balaban J connectivity index is 2.46. The molecule has 5 heteroatoms. The number of benzene rings is 2. The maximum Gasteiger partial charge on any atom is 0.304 e. The van der Waals surface area contributed by atoms with Crippen molar-refractivity contribution in [1.82, 2.24) is 0 Å². The van der Waals surface area contributed by atoms with E-state index in [0.717, 1.165) is 16.7 Å². The van der Waals surface area contributed by atoms with Crippen LogP contribution < -0.4 is 5.73 Å². The van der Waals surface area contributed by atoms with Crippen molar-refractivity contribution in [1.29, 1.82) is 5.26 Å². The number of carbonyl (C=O) groups is 1. The minimum atomic E-state index is -0.890. The lowest BCUT2D eigenvalue weighted by atomic mass is 9.92. The van der Waals surface area contributed by atoms with Gasteiger partial charge in [-0.15, -0.1) is 0 Å². The summed E-state index contributed by atoms with van der Waals surface area (Å²) in [6.07, 6.45) is -0.0319. The summed E-state index contributed by atoms with van der Waals surface area (Å²) in [7, 11) is 0. The maximum absolute atomic E-state index is 10.9. The molecular weight excluding hydrogens is 300 g/mol. The molecule has 0 aliphatic heterocycles. The normalized spacial score (nSPS) is 11.7. The van der Waals surface area contributed by atoms with Gasteiger partial charge in [0.2, 0.25) is 0 Å². The Kier molecular flexibility index (Phi) is 5.16. The first-order valence-electron chi connectivity index (χ1n) is 6.77. The summed E-state index contributed by atoms with van der Waals surface area (Å²) in [6, 6.07) is 14.6. The van der Waals surface area contributed by atoms with Crippen molar-refractivity contribution in [2.75, 3.05) is 6.54 Å². The molecular formula is C17H15ClN2O2. The zero-order valence-corrected chi connectivity index (χ0v) is 12.5. The Morgan fingerprint density at radius 2 is 2.09 bits per heavy atom. The maximum atomic E-state index is 10.9. The molecule has 0 radical (unpaired) electrons. The molecule has 22 heavy (non-hydrogen) atoms. The second-order valence-electron chi connectivity index (χ2n) is 4.96. The smallest absolute Gasteiger partial charge is 0.304 e. The molecule has 0 aliphatic rings. The summed E-state index contributed by atoms with van der Waals surface area (Å²) in [4.78, 5) is 10.9. The Morgan fingerprint density at radius 3 is 2.73 bits per heavy atom. The van der Waals surface area contributed by atoms with Crippen LogP contribution in [0.1, 0.15) is 23.5 Å². The average Bonchev–Trinajstić information content (AvgIpc) is 2.53. The van der Waals surface area contributed by atoms with Gasteiger partial charge in [-0.2, -0.15) is 5.26 Å². The van der Waals surface area contributed by atoms with E-state index in [1.54, 1.807) is 30.3 Å². The third-order valence-corrected chi connectivity index (χ3v) is 3.80. The zero-order valence-electron chi connectivity index (χ0n) is 11.8. The highest BCUT2D eigenvalue weighted by molar-refractivity contribution is 6.33. The summed E-state index contributed by atoms with van der Waals surface area (Å²) < 4.78 is 0. The van der Waals surface area contributed by atoms with Gasteiger partial charge in [0.05, 0.1) is 18.1 Å². The van der Waals surface area contributed by atoms with Gasteiger partial charge in [-0.3, -0.25) is 4.79 Å². The highest BCUT2D eigenvalue weighted by atomic mass is 35.5. The Morgan fingerprint density at radius 1 is 1.32 bits per heavy atom. The van der Waals surface area contributed by atoms with E-state index in [-0.39, 0.29) is 18.9 Å². The number of carboxylic acids is 1. The van der Waals surface area contributed by atoms with Crippen LogP contribution in [0, 0.1) is 11.3 Å². The van der Waals surface area contributed by atoms with Crippen molar-refractivity contribution >= 4 is 17.6 Å². The third-order valence-electron chi connectivity index (χ3n) is 3.47. The first-order chi connectivity index (χ1) is 10.5. The fourth-order valence-electron chi connectivity index (χ4n) is 2.32. The molecule has 2 rings (SSSR count). The van der Waals surface area contributed by atoms with Gasteiger partial charge in [0, 0.05) is 16.5 Å². The van der Waals surface area contributed by atoms with E-state index < -0.39 is 5.97 Å².